The Morgan fingerprint density at radius 2 is 2.06 bits per heavy atom. The maximum absolute atomic E-state index is 12.3. The van der Waals surface area contributed by atoms with E-state index in [4.69, 9.17) is 0 Å². The highest BCUT2D eigenvalue weighted by Gasteiger charge is 2.31. The summed E-state index contributed by atoms with van der Waals surface area (Å²) in [6.45, 7) is 3.95. The Bertz CT molecular complexity index is 344. The third kappa shape index (κ3) is 4.77. The molecule has 1 aromatic rings. The van der Waals surface area contributed by atoms with Crippen molar-refractivity contribution in [2.45, 2.75) is 44.9 Å². The lowest BCUT2D eigenvalue weighted by atomic mass is 10.1. The van der Waals surface area contributed by atoms with E-state index in [1.54, 1.807) is 16.9 Å². The maximum Gasteiger partial charge on any atom is 0.390 e. The minimum atomic E-state index is -4.14. The Balaban J connectivity index is 2.61. The van der Waals surface area contributed by atoms with E-state index in [0.717, 1.165) is 0 Å². The SMILES string of the molecule is CNC(Cc1ccn(C(C)C)n1)CC(F)(F)F. The molecular weight excluding hydrogens is 231 g/mol. The summed E-state index contributed by atoms with van der Waals surface area (Å²) in [6, 6.07) is 1.37. The van der Waals surface area contributed by atoms with Crippen LogP contribution in [0.2, 0.25) is 0 Å². The van der Waals surface area contributed by atoms with Crippen LogP contribution in [-0.2, 0) is 6.42 Å². The highest BCUT2D eigenvalue weighted by Crippen LogP contribution is 2.22. The quantitative estimate of drug-likeness (QED) is 0.869. The summed E-state index contributed by atoms with van der Waals surface area (Å²) in [5, 5.41) is 6.91. The fourth-order valence-electron chi connectivity index (χ4n) is 1.58. The van der Waals surface area contributed by atoms with Crippen LogP contribution in [0.5, 0.6) is 0 Å². The molecule has 6 heteroatoms. The molecule has 0 aliphatic rings. The van der Waals surface area contributed by atoms with Gasteiger partial charge < -0.3 is 5.32 Å². The van der Waals surface area contributed by atoms with Crippen molar-refractivity contribution in [1.82, 2.24) is 15.1 Å². The van der Waals surface area contributed by atoms with Crippen molar-refractivity contribution in [2.75, 3.05) is 7.05 Å². The summed E-state index contributed by atoms with van der Waals surface area (Å²) in [4.78, 5) is 0. The van der Waals surface area contributed by atoms with Gasteiger partial charge in [0.15, 0.2) is 0 Å². The summed E-state index contributed by atoms with van der Waals surface area (Å²) in [7, 11) is 1.54. The standard InChI is InChI=1S/C11H18F3N3/c1-8(2)17-5-4-9(16-17)6-10(15-3)7-11(12,13)14/h4-5,8,10,15H,6-7H2,1-3H3. The molecule has 0 aliphatic heterocycles. The Kier molecular flexibility index (Phi) is 4.56. The van der Waals surface area contributed by atoms with Gasteiger partial charge in [0.25, 0.3) is 0 Å². The van der Waals surface area contributed by atoms with Crippen LogP contribution >= 0.6 is 0 Å². The molecule has 17 heavy (non-hydrogen) atoms. The molecule has 1 rings (SSSR count). The lowest BCUT2D eigenvalue weighted by molar-refractivity contribution is -0.139. The van der Waals surface area contributed by atoms with E-state index in [2.05, 4.69) is 10.4 Å². The van der Waals surface area contributed by atoms with Gasteiger partial charge in [-0.1, -0.05) is 0 Å². The molecule has 1 unspecified atom stereocenters. The molecule has 1 aromatic heterocycles. The van der Waals surface area contributed by atoms with Gasteiger partial charge in [0.05, 0.1) is 12.1 Å². The average Bonchev–Trinajstić information content (AvgIpc) is 2.63. The summed E-state index contributed by atoms with van der Waals surface area (Å²) in [5.74, 6) is 0. The fourth-order valence-corrected chi connectivity index (χ4v) is 1.58. The zero-order chi connectivity index (χ0) is 13.1. The lowest BCUT2D eigenvalue weighted by Crippen LogP contribution is -2.33. The monoisotopic (exact) mass is 249 g/mol. The molecular formula is C11H18F3N3. The van der Waals surface area contributed by atoms with Crippen LogP contribution in [0.25, 0.3) is 0 Å². The first kappa shape index (κ1) is 14.0. The number of likely N-dealkylation sites (N-methyl/N-ethyl adjacent to an activating group) is 1. The number of nitrogens with one attached hydrogen (secondary N) is 1. The molecule has 98 valence electrons. The number of alkyl halides is 3. The van der Waals surface area contributed by atoms with Crippen LogP contribution in [0.15, 0.2) is 12.3 Å². The first-order valence-electron chi connectivity index (χ1n) is 5.60. The molecule has 0 aliphatic carbocycles. The molecule has 0 amide bonds. The summed E-state index contributed by atoms with van der Waals surface area (Å²) >= 11 is 0. The molecule has 0 aromatic carbocycles. The Hall–Kier alpha value is -1.04. The zero-order valence-electron chi connectivity index (χ0n) is 10.3. The van der Waals surface area contributed by atoms with Gasteiger partial charge in [0.1, 0.15) is 0 Å². The molecule has 1 N–H and O–H groups in total. The minimum Gasteiger partial charge on any atom is -0.316 e. The van der Waals surface area contributed by atoms with E-state index >= 15 is 0 Å². The Morgan fingerprint density at radius 1 is 1.41 bits per heavy atom. The highest BCUT2D eigenvalue weighted by atomic mass is 19.4. The average molecular weight is 249 g/mol. The predicted molar refractivity (Wildman–Crippen MR) is 59.8 cm³/mol. The van der Waals surface area contributed by atoms with E-state index in [0.29, 0.717) is 5.69 Å². The number of halogens is 3. The highest BCUT2D eigenvalue weighted by molar-refractivity contribution is 5.02. The predicted octanol–water partition coefficient (Wildman–Crippen LogP) is 2.55. The largest absolute Gasteiger partial charge is 0.390 e. The molecule has 0 saturated heterocycles. The maximum atomic E-state index is 12.3. The van der Waals surface area contributed by atoms with Crippen molar-refractivity contribution < 1.29 is 13.2 Å². The van der Waals surface area contributed by atoms with Crippen molar-refractivity contribution in [3.63, 3.8) is 0 Å². The van der Waals surface area contributed by atoms with Gasteiger partial charge in [-0.2, -0.15) is 18.3 Å². The van der Waals surface area contributed by atoms with Crippen molar-refractivity contribution >= 4 is 0 Å². The van der Waals surface area contributed by atoms with E-state index in [1.807, 2.05) is 13.8 Å². The number of rotatable bonds is 5. The second kappa shape index (κ2) is 5.53. The molecule has 0 radical (unpaired) electrons. The first-order chi connectivity index (χ1) is 7.81. The number of aromatic nitrogens is 2. The normalized spacial score (nSPS) is 14.3. The number of hydrogen-bond acceptors (Lipinski definition) is 2. The van der Waals surface area contributed by atoms with Crippen LogP contribution in [0.1, 0.15) is 32.0 Å². The molecule has 3 nitrogen and oxygen atoms in total. The van der Waals surface area contributed by atoms with Crippen molar-refractivity contribution in [3.05, 3.63) is 18.0 Å². The summed E-state index contributed by atoms with van der Waals surface area (Å²) in [5.41, 5.74) is 0.683. The number of nitrogens with zero attached hydrogens (tertiary/aromatic N) is 2. The second-order valence-electron chi connectivity index (χ2n) is 4.39. The zero-order valence-corrected chi connectivity index (χ0v) is 10.3. The molecule has 0 spiro atoms. The van der Waals surface area contributed by atoms with Crippen LogP contribution in [0.4, 0.5) is 13.2 Å². The van der Waals surface area contributed by atoms with Crippen molar-refractivity contribution in [2.24, 2.45) is 0 Å². The van der Waals surface area contributed by atoms with Crippen LogP contribution < -0.4 is 5.32 Å². The molecule has 0 bridgehead atoms. The lowest BCUT2D eigenvalue weighted by Gasteiger charge is -2.16. The van der Waals surface area contributed by atoms with Crippen molar-refractivity contribution in [3.8, 4) is 0 Å². The summed E-state index contributed by atoms with van der Waals surface area (Å²) < 4.78 is 38.5. The molecule has 0 saturated carbocycles. The third-order valence-corrected chi connectivity index (χ3v) is 2.53. The second-order valence-corrected chi connectivity index (χ2v) is 4.39. The van der Waals surface area contributed by atoms with Crippen LogP contribution in [-0.4, -0.2) is 29.0 Å². The van der Waals surface area contributed by atoms with E-state index in [1.165, 1.54) is 7.05 Å². The molecule has 0 fully saturated rings. The Labute approximate surface area is 99.0 Å². The van der Waals surface area contributed by atoms with Gasteiger partial charge in [-0.3, -0.25) is 4.68 Å². The van der Waals surface area contributed by atoms with E-state index < -0.39 is 18.6 Å². The van der Waals surface area contributed by atoms with Gasteiger partial charge in [0, 0.05) is 24.7 Å². The first-order valence-corrected chi connectivity index (χ1v) is 5.60. The van der Waals surface area contributed by atoms with Crippen LogP contribution in [0, 0.1) is 0 Å². The third-order valence-electron chi connectivity index (χ3n) is 2.53. The minimum absolute atomic E-state index is 0.222. The Morgan fingerprint density at radius 3 is 2.47 bits per heavy atom. The van der Waals surface area contributed by atoms with Gasteiger partial charge >= 0.3 is 6.18 Å². The number of hydrogen-bond donors (Lipinski definition) is 1. The van der Waals surface area contributed by atoms with Gasteiger partial charge in [-0.05, 0) is 27.0 Å². The van der Waals surface area contributed by atoms with E-state index in [-0.39, 0.29) is 12.5 Å². The smallest absolute Gasteiger partial charge is 0.316 e. The fraction of sp³-hybridized carbons (Fsp3) is 0.727. The summed E-state index contributed by atoms with van der Waals surface area (Å²) in [6.07, 6.45) is -2.90. The van der Waals surface area contributed by atoms with Gasteiger partial charge in [-0.25, -0.2) is 0 Å². The topological polar surface area (TPSA) is 29.9 Å². The molecule has 1 atom stereocenters. The van der Waals surface area contributed by atoms with Gasteiger partial charge in [0.2, 0.25) is 0 Å². The van der Waals surface area contributed by atoms with Crippen molar-refractivity contribution in [1.29, 1.82) is 0 Å². The van der Waals surface area contributed by atoms with Gasteiger partial charge in [-0.15, -0.1) is 0 Å². The van der Waals surface area contributed by atoms with Crippen LogP contribution in [0.3, 0.4) is 0 Å². The van der Waals surface area contributed by atoms with E-state index in [9.17, 15) is 13.2 Å². The molecule has 1 heterocycles.